The molecular formula is C54H36N4S. The van der Waals surface area contributed by atoms with E-state index in [0.717, 1.165) is 22.4 Å². The summed E-state index contributed by atoms with van der Waals surface area (Å²) >= 11 is 1.86. The fourth-order valence-electron chi connectivity index (χ4n) is 9.38. The maximum atomic E-state index is 5.17. The first-order valence-corrected chi connectivity index (χ1v) is 20.9. The molecule has 12 rings (SSSR count). The van der Waals surface area contributed by atoms with Gasteiger partial charge in [0.2, 0.25) is 0 Å². The molecule has 1 aliphatic carbocycles. The zero-order valence-corrected chi connectivity index (χ0v) is 33.3. The van der Waals surface area contributed by atoms with Crippen molar-refractivity contribution in [3.63, 3.8) is 0 Å². The van der Waals surface area contributed by atoms with Crippen LogP contribution in [0.25, 0.3) is 104 Å². The minimum atomic E-state index is -0.130. The minimum Gasteiger partial charge on any atom is -0.309 e. The molecule has 278 valence electrons. The van der Waals surface area contributed by atoms with Gasteiger partial charge in [-0.3, -0.25) is 0 Å². The highest BCUT2D eigenvalue weighted by molar-refractivity contribution is 7.25. The monoisotopic (exact) mass is 772 g/mol. The lowest BCUT2D eigenvalue weighted by Crippen LogP contribution is -2.15. The third-order valence-corrected chi connectivity index (χ3v) is 13.4. The third kappa shape index (κ3) is 5.25. The Bertz CT molecular complexity index is 3470. The molecule has 3 heterocycles. The van der Waals surface area contributed by atoms with Crippen LogP contribution in [0.4, 0.5) is 0 Å². The van der Waals surface area contributed by atoms with Crippen molar-refractivity contribution >= 4 is 53.3 Å². The molecule has 0 radical (unpaired) electrons. The number of para-hydroxylation sites is 1. The summed E-state index contributed by atoms with van der Waals surface area (Å²) in [6, 6.07) is 65.4. The summed E-state index contributed by atoms with van der Waals surface area (Å²) in [4.78, 5) is 15.3. The Morgan fingerprint density at radius 3 is 1.83 bits per heavy atom. The summed E-state index contributed by atoms with van der Waals surface area (Å²) in [5, 5.41) is 5.08. The largest absolute Gasteiger partial charge is 0.309 e. The molecule has 4 nitrogen and oxygen atoms in total. The van der Waals surface area contributed by atoms with E-state index in [1.807, 2.05) is 29.5 Å². The van der Waals surface area contributed by atoms with Gasteiger partial charge in [-0.15, -0.1) is 11.3 Å². The highest BCUT2D eigenvalue weighted by Crippen LogP contribution is 2.49. The fraction of sp³-hybridized carbons (Fsp3) is 0.0556. The predicted octanol–water partition coefficient (Wildman–Crippen LogP) is 14.3. The van der Waals surface area contributed by atoms with Crippen LogP contribution in [-0.4, -0.2) is 19.5 Å². The van der Waals surface area contributed by atoms with Gasteiger partial charge in [-0.2, -0.15) is 0 Å². The number of nitrogens with zero attached hydrogens (tertiary/aromatic N) is 4. The lowest BCUT2D eigenvalue weighted by molar-refractivity contribution is 0.660. The van der Waals surface area contributed by atoms with Crippen LogP contribution in [0.1, 0.15) is 25.0 Å². The SMILES string of the molecule is CC1(C)c2ccccc2-c2ccc(-c3nc(-c4ccccc4)nc(-c4ccc(-n5c6ccccc6c6ccc(-c7cccc8sc9ccccc9c78)cc65)cc4)n3)cc21. The summed E-state index contributed by atoms with van der Waals surface area (Å²) in [6.45, 7) is 4.61. The Kier molecular flexibility index (Phi) is 7.41. The van der Waals surface area contributed by atoms with Gasteiger partial charge < -0.3 is 4.57 Å². The molecule has 0 N–H and O–H groups in total. The Morgan fingerprint density at radius 2 is 1.00 bits per heavy atom. The van der Waals surface area contributed by atoms with Crippen LogP contribution in [-0.2, 0) is 5.41 Å². The Balaban J connectivity index is 0.986. The lowest BCUT2D eigenvalue weighted by atomic mass is 9.82. The molecule has 5 heteroatoms. The van der Waals surface area contributed by atoms with Gasteiger partial charge in [-0.05, 0) is 88.0 Å². The first kappa shape index (κ1) is 33.9. The molecule has 0 aliphatic heterocycles. The molecule has 0 atom stereocenters. The van der Waals surface area contributed by atoms with Crippen molar-refractivity contribution in [3.05, 3.63) is 193 Å². The average Bonchev–Trinajstić information content (AvgIpc) is 3.92. The molecule has 0 bridgehead atoms. The zero-order valence-electron chi connectivity index (χ0n) is 32.5. The van der Waals surface area contributed by atoms with Crippen LogP contribution < -0.4 is 0 Å². The Morgan fingerprint density at radius 1 is 0.407 bits per heavy atom. The maximum absolute atomic E-state index is 5.17. The van der Waals surface area contributed by atoms with Crippen molar-refractivity contribution in [2.45, 2.75) is 19.3 Å². The highest BCUT2D eigenvalue weighted by atomic mass is 32.1. The number of benzene rings is 8. The average molecular weight is 773 g/mol. The smallest absolute Gasteiger partial charge is 0.164 e. The highest BCUT2D eigenvalue weighted by Gasteiger charge is 2.35. The summed E-state index contributed by atoms with van der Waals surface area (Å²) in [7, 11) is 0. The van der Waals surface area contributed by atoms with Gasteiger partial charge in [0, 0.05) is 58.7 Å². The Labute approximate surface area is 345 Å². The number of hydrogen-bond acceptors (Lipinski definition) is 4. The molecule has 0 amide bonds. The third-order valence-electron chi connectivity index (χ3n) is 12.3. The second-order valence-electron chi connectivity index (χ2n) is 16.0. The first-order valence-electron chi connectivity index (χ1n) is 20.1. The van der Waals surface area contributed by atoms with E-state index in [-0.39, 0.29) is 5.41 Å². The van der Waals surface area contributed by atoms with Crippen LogP contribution in [0.15, 0.2) is 182 Å². The molecule has 0 saturated carbocycles. The molecule has 3 aromatic heterocycles. The first-order chi connectivity index (χ1) is 29.0. The van der Waals surface area contributed by atoms with Gasteiger partial charge >= 0.3 is 0 Å². The van der Waals surface area contributed by atoms with E-state index in [1.54, 1.807) is 0 Å². The van der Waals surface area contributed by atoms with E-state index < -0.39 is 0 Å². The minimum absolute atomic E-state index is 0.130. The number of thiophene rings is 1. The van der Waals surface area contributed by atoms with Crippen LogP contribution >= 0.6 is 11.3 Å². The molecule has 1 aliphatic rings. The standard InChI is InChI=1S/C54H36N4S/c1-54(2)44-19-9-6-15-39(44)40-29-26-36(31-45(40)54)53-56-51(33-13-4-3-5-14-33)55-52(57-53)34-23-27-37(28-24-34)58-46-20-10-7-16-41(46)42-30-25-35(32-47(42)58)38-18-12-22-49-50(38)43-17-8-11-21-48(43)59-49/h3-32H,1-2H3. The van der Waals surface area contributed by atoms with E-state index in [9.17, 15) is 0 Å². The summed E-state index contributed by atoms with van der Waals surface area (Å²) in [5.74, 6) is 1.96. The maximum Gasteiger partial charge on any atom is 0.164 e. The van der Waals surface area contributed by atoms with Crippen molar-refractivity contribution in [2.24, 2.45) is 0 Å². The number of fused-ring (bicyclic) bond motifs is 9. The van der Waals surface area contributed by atoms with Crippen molar-refractivity contribution in [1.29, 1.82) is 0 Å². The van der Waals surface area contributed by atoms with Gasteiger partial charge in [0.05, 0.1) is 11.0 Å². The van der Waals surface area contributed by atoms with E-state index in [1.165, 1.54) is 75.4 Å². The van der Waals surface area contributed by atoms with Crippen LogP contribution in [0.5, 0.6) is 0 Å². The molecule has 8 aromatic carbocycles. The number of hydrogen-bond donors (Lipinski definition) is 0. The normalized spacial score (nSPS) is 13.1. The summed E-state index contributed by atoms with van der Waals surface area (Å²) in [5.41, 5.74) is 13.8. The second-order valence-corrected chi connectivity index (χ2v) is 17.1. The van der Waals surface area contributed by atoms with Crippen LogP contribution in [0.3, 0.4) is 0 Å². The van der Waals surface area contributed by atoms with E-state index in [4.69, 9.17) is 15.0 Å². The van der Waals surface area contributed by atoms with Gasteiger partial charge in [-0.25, -0.2) is 15.0 Å². The molecule has 0 fully saturated rings. The van der Waals surface area contributed by atoms with Gasteiger partial charge in [0.25, 0.3) is 0 Å². The van der Waals surface area contributed by atoms with Crippen molar-refractivity contribution in [2.75, 3.05) is 0 Å². The van der Waals surface area contributed by atoms with E-state index in [2.05, 4.69) is 182 Å². The van der Waals surface area contributed by atoms with Gasteiger partial charge in [0.15, 0.2) is 17.5 Å². The van der Waals surface area contributed by atoms with Crippen LogP contribution in [0.2, 0.25) is 0 Å². The molecule has 11 aromatic rings. The Hall–Kier alpha value is -7.21. The molecule has 59 heavy (non-hydrogen) atoms. The van der Waals surface area contributed by atoms with Crippen molar-refractivity contribution in [1.82, 2.24) is 19.5 Å². The lowest BCUT2D eigenvalue weighted by Gasteiger charge is -2.21. The van der Waals surface area contributed by atoms with E-state index >= 15 is 0 Å². The molecular weight excluding hydrogens is 737 g/mol. The number of rotatable bonds is 5. The van der Waals surface area contributed by atoms with Gasteiger partial charge in [-0.1, -0.05) is 141 Å². The van der Waals surface area contributed by atoms with Crippen molar-refractivity contribution in [3.8, 4) is 62.1 Å². The predicted molar refractivity (Wildman–Crippen MR) is 246 cm³/mol. The fourth-order valence-corrected chi connectivity index (χ4v) is 10.5. The summed E-state index contributed by atoms with van der Waals surface area (Å²) < 4.78 is 5.01. The van der Waals surface area contributed by atoms with Crippen molar-refractivity contribution < 1.29 is 0 Å². The topological polar surface area (TPSA) is 43.6 Å². The summed E-state index contributed by atoms with van der Waals surface area (Å²) in [6.07, 6.45) is 0. The number of aromatic nitrogens is 4. The zero-order chi connectivity index (χ0) is 39.2. The van der Waals surface area contributed by atoms with Gasteiger partial charge in [0.1, 0.15) is 0 Å². The molecule has 0 unspecified atom stereocenters. The quantitative estimate of drug-likeness (QED) is 0.175. The van der Waals surface area contributed by atoms with Crippen LogP contribution in [0, 0.1) is 0 Å². The van der Waals surface area contributed by atoms with E-state index in [0.29, 0.717) is 17.5 Å². The molecule has 0 saturated heterocycles. The molecule has 0 spiro atoms. The second kappa shape index (κ2) is 12.9.